The maximum absolute atomic E-state index is 14.4. The van der Waals surface area contributed by atoms with Gasteiger partial charge >= 0.3 is 0 Å². The molecule has 2 aliphatic rings. The standard InChI is InChI=1S/C19H20FN7O2/c1-26-8-11(9-26)18(28)24-15-7-22-19(27-10-23-25-17(15)27)21-6-13-12-4-5-29-16(12)3-2-14(13)20/h2-3,7,10-11H,4-6,8-9H2,1H3,(H,21,22)(H,24,28). The summed E-state index contributed by atoms with van der Waals surface area (Å²) in [4.78, 5) is 18.8. The van der Waals surface area contributed by atoms with Gasteiger partial charge in [-0.05, 0) is 19.2 Å². The molecule has 2 aliphatic heterocycles. The molecule has 10 heteroatoms. The summed E-state index contributed by atoms with van der Waals surface area (Å²) in [6.07, 6.45) is 3.73. The summed E-state index contributed by atoms with van der Waals surface area (Å²) in [5.41, 5.74) is 2.42. The minimum Gasteiger partial charge on any atom is -0.493 e. The molecule has 1 fully saturated rings. The fourth-order valence-electron chi connectivity index (χ4n) is 3.81. The molecule has 0 unspecified atom stereocenters. The first-order valence-corrected chi connectivity index (χ1v) is 9.45. The quantitative estimate of drug-likeness (QED) is 0.670. The van der Waals surface area contributed by atoms with Crippen molar-refractivity contribution < 1.29 is 13.9 Å². The second kappa shape index (κ2) is 6.96. The molecule has 0 radical (unpaired) electrons. The molecule has 5 rings (SSSR count). The van der Waals surface area contributed by atoms with E-state index in [1.807, 2.05) is 7.05 Å². The van der Waals surface area contributed by atoms with Gasteiger partial charge in [0.2, 0.25) is 11.9 Å². The third-order valence-electron chi connectivity index (χ3n) is 5.39. The highest BCUT2D eigenvalue weighted by Crippen LogP contribution is 2.30. The Kier molecular flexibility index (Phi) is 4.27. The predicted molar refractivity (Wildman–Crippen MR) is 103 cm³/mol. The van der Waals surface area contributed by atoms with Crippen LogP contribution in [0.2, 0.25) is 0 Å². The smallest absolute Gasteiger partial charge is 0.230 e. The number of benzene rings is 1. The van der Waals surface area contributed by atoms with E-state index in [-0.39, 0.29) is 24.2 Å². The normalized spacial score (nSPS) is 16.3. The average molecular weight is 397 g/mol. The van der Waals surface area contributed by atoms with Crippen LogP contribution in [-0.4, -0.2) is 57.1 Å². The summed E-state index contributed by atoms with van der Waals surface area (Å²) < 4.78 is 21.5. The van der Waals surface area contributed by atoms with E-state index in [0.717, 1.165) is 24.4 Å². The number of carbonyl (C=O) groups excluding carboxylic acids is 1. The molecular weight excluding hydrogens is 377 g/mol. The predicted octanol–water partition coefficient (Wildman–Crippen LogP) is 1.31. The molecule has 2 aromatic heterocycles. The molecule has 150 valence electrons. The Labute approximate surface area is 165 Å². The van der Waals surface area contributed by atoms with Gasteiger partial charge in [-0.3, -0.25) is 4.79 Å². The summed E-state index contributed by atoms with van der Waals surface area (Å²) in [6.45, 7) is 2.28. The van der Waals surface area contributed by atoms with E-state index >= 15 is 0 Å². The second-order valence-electron chi connectivity index (χ2n) is 7.38. The van der Waals surface area contributed by atoms with Crippen molar-refractivity contribution in [1.82, 2.24) is 24.5 Å². The molecule has 3 aromatic rings. The molecule has 1 saturated heterocycles. The van der Waals surface area contributed by atoms with Gasteiger partial charge in [-0.25, -0.2) is 13.8 Å². The van der Waals surface area contributed by atoms with Crippen LogP contribution in [0.4, 0.5) is 16.0 Å². The van der Waals surface area contributed by atoms with Crippen LogP contribution in [0.1, 0.15) is 11.1 Å². The molecule has 0 bridgehead atoms. The van der Waals surface area contributed by atoms with Crippen LogP contribution in [-0.2, 0) is 17.8 Å². The highest BCUT2D eigenvalue weighted by molar-refractivity contribution is 5.96. The lowest BCUT2D eigenvalue weighted by Gasteiger charge is -2.34. The van der Waals surface area contributed by atoms with Crippen molar-refractivity contribution in [3.63, 3.8) is 0 Å². The van der Waals surface area contributed by atoms with E-state index in [1.165, 1.54) is 12.4 Å². The van der Waals surface area contributed by atoms with Crippen molar-refractivity contribution in [2.75, 3.05) is 37.4 Å². The first-order chi connectivity index (χ1) is 14.1. The summed E-state index contributed by atoms with van der Waals surface area (Å²) in [5.74, 6) is 0.812. The first kappa shape index (κ1) is 17.8. The van der Waals surface area contributed by atoms with Gasteiger partial charge in [0.05, 0.1) is 18.7 Å². The van der Waals surface area contributed by atoms with Gasteiger partial charge < -0.3 is 20.3 Å². The number of fused-ring (bicyclic) bond motifs is 2. The van der Waals surface area contributed by atoms with Gasteiger partial charge in [0.25, 0.3) is 0 Å². The number of rotatable bonds is 5. The van der Waals surface area contributed by atoms with E-state index in [2.05, 4.69) is 30.7 Å². The Morgan fingerprint density at radius 3 is 3.07 bits per heavy atom. The fraction of sp³-hybridized carbons (Fsp3) is 0.368. The number of hydrogen-bond acceptors (Lipinski definition) is 7. The molecule has 2 N–H and O–H groups in total. The summed E-state index contributed by atoms with van der Waals surface area (Å²) in [7, 11) is 1.97. The SMILES string of the molecule is CN1CC(C(=O)Nc2cnc(NCc3c(F)ccc4c3CCO4)n3cnnc23)C1. The zero-order chi connectivity index (χ0) is 20.0. The molecule has 0 saturated carbocycles. The highest BCUT2D eigenvalue weighted by atomic mass is 19.1. The van der Waals surface area contributed by atoms with Crippen LogP contribution in [0.25, 0.3) is 5.65 Å². The maximum Gasteiger partial charge on any atom is 0.230 e. The van der Waals surface area contributed by atoms with E-state index in [0.29, 0.717) is 35.9 Å². The number of carbonyl (C=O) groups is 1. The van der Waals surface area contributed by atoms with Crippen molar-refractivity contribution in [3.05, 3.63) is 41.6 Å². The van der Waals surface area contributed by atoms with Crippen molar-refractivity contribution in [2.45, 2.75) is 13.0 Å². The molecule has 0 spiro atoms. The molecule has 1 aromatic carbocycles. The van der Waals surface area contributed by atoms with Crippen LogP contribution in [0.5, 0.6) is 5.75 Å². The van der Waals surface area contributed by atoms with Crippen molar-refractivity contribution in [1.29, 1.82) is 0 Å². The summed E-state index contributed by atoms with van der Waals surface area (Å²) in [5, 5.41) is 14.1. The molecule has 1 amide bonds. The Balaban J connectivity index is 1.37. The molecule has 29 heavy (non-hydrogen) atoms. The van der Waals surface area contributed by atoms with Crippen molar-refractivity contribution >= 4 is 23.2 Å². The third kappa shape index (κ3) is 3.15. The Bertz CT molecular complexity index is 1090. The summed E-state index contributed by atoms with van der Waals surface area (Å²) >= 11 is 0. The van der Waals surface area contributed by atoms with E-state index in [9.17, 15) is 9.18 Å². The van der Waals surface area contributed by atoms with E-state index in [4.69, 9.17) is 4.74 Å². The lowest BCUT2D eigenvalue weighted by Crippen LogP contribution is -2.49. The Morgan fingerprint density at radius 1 is 1.38 bits per heavy atom. The van der Waals surface area contributed by atoms with Gasteiger partial charge in [0.1, 0.15) is 23.6 Å². The Hall–Kier alpha value is -3.27. The maximum atomic E-state index is 14.4. The summed E-state index contributed by atoms with van der Waals surface area (Å²) in [6, 6.07) is 3.08. The number of nitrogens with zero attached hydrogens (tertiary/aromatic N) is 5. The number of aromatic nitrogens is 4. The van der Waals surface area contributed by atoms with Crippen LogP contribution >= 0.6 is 0 Å². The largest absolute Gasteiger partial charge is 0.493 e. The van der Waals surface area contributed by atoms with Crippen LogP contribution in [0.3, 0.4) is 0 Å². The lowest BCUT2D eigenvalue weighted by molar-refractivity contribution is -0.124. The zero-order valence-corrected chi connectivity index (χ0v) is 15.9. The number of nitrogens with one attached hydrogen (secondary N) is 2. The zero-order valence-electron chi connectivity index (χ0n) is 15.9. The molecule has 0 aliphatic carbocycles. The molecule has 4 heterocycles. The number of hydrogen-bond donors (Lipinski definition) is 2. The molecular formula is C19H20FN7O2. The van der Waals surface area contributed by atoms with Gasteiger partial charge in [-0.1, -0.05) is 0 Å². The van der Waals surface area contributed by atoms with E-state index in [1.54, 1.807) is 16.7 Å². The minimum atomic E-state index is -0.281. The third-order valence-corrected chi connectivity index (χ3v) is 5.39. The van der Waals surface area contributed by atoms with Crippen molar-refractivity contribution in [3.8, 4) is 5.75 Å². The van der Waals surface area contributed by atoms with Crippen LogP contribution in [0, 0.1) is 11.7 Å². The number of halogens is 1. The monoisotopic (exact) mass is 397 g/mol. The van der Waals surface area contributed by atoms with Crippen LogP contribution < -0.4 is 15.4 Å². The average Bonchev–Trinajstić information content (AvgIpc) is 3.35. The van der Waals surface area contributed by atoms with Crippen LogP contribution in [0.15, 0.2) is 24.7 Å². The number of likely N-dealkylation sites (tertiary alicyclic amines) is 1. The lowest BCUT2D eigenvalue weighted by atomic mass is 10.0. The molecule has 0 atom stereocenters. The van der Waals surface area contributed by atoms with Crippen molar-refractivity contribution in [2.24, 2.45) is 5.92 Å². The Morgan fingerprint density at radius 2 is 2.24 bits per heavy atom. The minimum absolute atomic E-state index is 0.0360. The van der Waals surface area contributed by atoms with Gasteiger partial charge in [-0.2, -0.15) is 0 Å². The topological polar surface area (TPSA) is 96.7 Å². The van der Waals surface area contributed by atoms with E-state index < -0.39 is 0 Å². The second-order valence-corrected chi connectivity index (χ2v) is 7.38. The number of anilines is 2. The van der Waals surface area contributed by atoms with Gasteiger partial charge in [0, 0.05) is 37.2 Å². The highest BCUT2D eigenvalue weighted by Gasteiger charge is 2.30. The van der Waals surface area contributed by atoms with Gasteiger partial charge in [0.15, 0.2) is 5.65 Å². The molecule has 9 nitrogen and oxygen atoms in total. The number of ether oxygens (including phenoxy) is 1. The first-order valence-electron chi connectivity index (χ1n) is 9.45. The fourth-order valence-corrected chi connectivity index (χ4v) is 3.81. The van der Waals surface area contributed by atoms with Gasteiger partial charge in [-0.15, -0.1) is 10.2 Å². The number of amides is 1.